The molecule has 5 rings (SSSR count). The molecule has 4 aromatic heterocycles. The van der Waals surface area contributed by atoms with Crippen LogP contribution in [0.5, 0.6) is 17.5 Å². The Morgan fingerprint density at radius 2 is 1.84 bits per heavy atom. The van der Waals surface area contributed by atoms with Crippen molar-refractivity contribution in [1.82, 2.24) is 29.2 Å². The molecule has 0 saturated carbocycles. The molecule has 1 aliphatic heterocycles. The number of rotatable bonds is 8. The molecule has 5 heterocycles. The first-order valence-corrected chi connectivity index (χ1v) is 12.9. The highest BCUT2D eigenvalue weighted by molar-refractivity contribution is 5.87. The number of hydrogen-bond donors (Lipinski definition) is 1. The lowest BCUT2D eigenvalue weighted by molar-refractivity contribution is -0.0716. The Labute approximate surface area is 222 Å². The largest absolute Gasteiger partial charge is 0.494 e. The van der Waals surface area contributed by atoms with Crippen molar-refractivity contribution < 1.29 is 19.3 Å². The fourth-order valence-corrected chi connectivity index (χ4v) is 4.73. The van der Waals surface area contributed by atoms with Gasteiger partial charge in [-0.2, -0.15) is 5.10 Å². The van der Waals surface area contributed by atoms with Gasteiger partial charge in [0.2, 0.25) is 5.88 Å². The Balaban J connectivity index is 1.28. The third-order valence-corrected chi connectivity index (χ3v) is 6.90. The first-order chi connectivity index (χ1) is 18.2. The Kier molecular flexibility index (Phi) is 7.27. The number of aromatic hydroxyl groups is 1. The molecule has 0 unspecified atom stereocenters. The van der Waals surface area contributed by atoms with Crippen LogP contribution in [0.1, 0.15) is 33.6 Å². The molecule has 0 aromatic carbocycles. The van der Waals surface area contributed by atoms with Gasteiger partial charge < -0.3 is 19.3 Å². The van der Waals surface area contributed by atoms with Crippen LogP contribution in [0.15, 0.2) is 43.0 Å². The molecule has 0 amide bonds. The second-order valence-electron chi connectivity index (χ2n) is 10.8. The first-order valence-electron chi connectivity index (χ1n) is 12.9. The van der Waals surface area contributed by atoms with Crippen LogP contribution >= 0.6 is 0 Å². The summed E-state index contributed by atoms with van der Waals surface area (Å²) in [6, 6.07) is 5.56. The van der Waals surface area contributed by atoms with Gasteiger partial charge in [0.15, 0.2) is 5.75 Å². The van der Waals surface area contributed by atoms with Crippen molar-refractivity contribution in [3.05, 3.63) is 43.0 Å². The summed E-state index contributed by atoms with van der Waals surface area (Å²) in [6.45, 7) is 9.86. The number of hydrogen-bond acceptors (Lipinski definition) is 8. The van der Waals surface area contributed by atoms with Crippen molar-refractivity contribution in [2.45, 2.75) is 45.8 Å². The van der Waals surface area contributed by atoms with Crippen molar-refractivity contribution in [3.63, 3.8) is 0 Å². The number of likely N-dealkylation sites (tertiary alicyclic amines) is 1. The van der Waals surface area contributed by atoms with E-state index >= 15 is 0 Å². The van der Waals surface area contributed by atoms with Gasteiger partial charge >= 0.3 is 0 Å². The van der Waals surface area contributed by atoms with Gasteiger partial charge in [0.05, 0.1) is 55.0 Å². The summed E-state index contributed by atoms with van der Waals surface area (Å²) in [5.74, 6) is 1.64. The van der Waals surface area contributed by atoms with E-state index in [0.29, 0.717) is 35.2 Å². The standard InChI is InChI=1S/C28H36N6O4/c1-28(2,3)38-18-32-10-8-19(9-11-32)15-33-16-21(14-30-33)34-17-24-22(27(34)35)6-7-23(31-24)20-12-25(36-4)26(37-5)29-13-20/h6-7,12-14,16-17,19,35H,8-11,15,18H2,1-5H3. The van der Waals surface area contributed by atoms with Gasteiger partial charge in [-0.25, -0.2) is 9.97 Å². The van der Waals surface area contributed by atoms with E-state index in [1.54, 1.807) is 31.2 Å². The van der Waals surface area contributed by atoms with Gasteiger partial charge in [0.1, 0.15) is 0 Å². The highest BCUT2D eigenvalue weighted by Crippen LogP contribution is 2.33. The quantitative estimate of drug-likeness (QED) is 0.363. The van der Waals surface area contributed by atoms with Crippen LogP contribution < -0.4 is 9.47 Å². The molecule has 1 aliphatic rings. The van der Waals surface area contributed by atoms with Crippen LogP contribution in [0.4, 0.5) is 0 Å². The highest BCUT2D eigenvalue weighted by atomic mass is 16.5. The number of methoxy groups -OCH3 is 2. The molecule has 4 aromatic rings. The van der Waals surface area contributed by atoms with E-state index in [9.17, 15) is 5.11 Å². The maximum Gasteiger partial charge on any atom is 0.256 e. The first kappa shape index (κ1) is 26.0. The molecule has 1 N–H and O–H groups in total. The summed E-state index contributed by atoms with van der Waals surface area (Å²) in [7, 11) is 3.12. The predicted octanol–water partition coefficient (Wildman–Crippen LogP) is 4.49. The van der Waals surface area contributed by atoms with E-state index in [0.717, 1.165) is 49.4 Å². The SMILES string of the molecule is COc1cc(-c2ccc3c(O)n(-c4cnn(CC5CCN(COC(C)(C)C)CC5)c4)cc3n2)cnc1OC. The van der Waals surface area contributed by atoms with Crippen molar-refractivity contribution in [2.75, 3.05) is 34.0 Å². The lowest BCUT2D eigenvalue weighted by Crippen LogP contribution is -2.38. The third-order valence-electron chi connectivity index (χ3n) is 6.90. The average Bonchev–Trinajstić information content (AvgIpc) is 3.51. The lowest BCUT2D eigenvalue weighted by Gasteiger charge is -2.33. The van der Waals surface area contributed by atoms with E-state index in [4.69, 9.17) is 19.2 Å². The summed E-state index contributed by atoms with van der Waals surface area (Å²) < 4.78 is 20.2. The fraction of sp³-hybridized carbons (Fsp3) is 0.464. The summed E-state index contributed by atoms with van der Waals surface area (Å²) in [5, 5.41) is 16.2. The smallest absolute Gasteiger partial charge is 0.256 e. The van der Waals surface area contributed by atoms with Gasteiger partial charge in [-0.1, -0.05) is 0 Å². The predicted molar refractivity (Wildman–Crippen MR) is 145 cm³/mol. The van der Waals surface area contributed by atoms with E-state index < -0.39 is 0 Å². The summed E-state index contributed by atoms with van der Waals surface area (Å²) >= 11 is 0. The van der Waals surface area contributed by atoms with Gasteiger partial charge in [0.25, 0.3) is 5.88 Å². The van der Waals surface area contributed by atoms with Crippen LogP contribution in [0.3, 0.4) is 0 Å². The maximum atomic E-state index is 10.9. The second-order valence-corrected chi connectivity index (χ2v) is 10.8. The number of piperidine rings is 1. The Hall–Kier alpha value is -3.63. The van der Waals surface area contributed by atoms with Crippen LogP contribution in [0.2, 0.25) is 0 Å². The summed E-state index contributed by atoms with van der Waals surface area (Å²) in [5.41, 5.74) is 2.87. The van der Waals surface area contributed by atoms with Crippen molar-refractivity contribution in [3.8, 4) is 34.5 Å². The maximum absolute atomic E-state index is 10.9. The van der Waals surface area contributed by atoms with Crippen LogP contribution in [-0.4, -0.2) is 74.0 Å². The summed E-state index contributed by atoms with van der Waals surface area (Å²) in [6.07, 6.45) is 9.50. The number of pyridine rings is 2. The molecule has 0 radical (unpaired) electrons. The van der Waals surface area contributed by atoms with Crippen LogP contribution in [-0.2, 0) is 11.3 Å². The highest BCUT2D eigenvalue weighted by Gasteiger charge is 2.22. The molecule has 10 heteroatoms. The van der Waals surface area contributed by atoms with Gasteiger partial charge in [-0.3, -0.25) is 14.1 Å². The molecule has 202 valence electrons. The third kappa shape index (κ3) is 5.61. The number of fused-ring (bicyclic) bond motifs is 1. The fourth-order valence-electron chi connectivity index (χ4n) is 4.73. The zero-order chi connectivity index (χ0) is 26.9. The topological polar surface area (TPSA) is 99.7 Å². The molecular weight excluding hydrogens is 484 g/mol. The lowest BCUT2D eigenvalue weighted by atomic mass is 9.97. The Morgan fingerprint density at radius 1 is 1.05 bits per heavy atom. The molecule has 0 aliphatic carbocycles. The second kappa shape index (κ2) is 10.6. The molecule has 10 nitrogen and oxygen atoms in total. The molecule has 0 bridgehead atoms. The van der Waals surface area contributed by atoms with Gasteiger partial charge in [0, 0.05) is 43.8 Å². The van der Waals surface area contributed by atoms with Crippen molar-refractivity contribution in [2.24, 2.45) is 5.92 Å². The summed E-state index contributed by atoms with van der Waals surface area (Å²) in [4.78, 5) is 11.4. The number of nitrogens with zero attached hydrogens (tertiary/aromatic N) is 6. The minimum atomic E-state index is -0.116. The minimum absolute atomic E-state index is 0.116. The van der Waals surface area contributed by atoms with Gasteiger partial charge in [-0.05, 0) is 57.7 Å². The molecular formula is C28H36N6O4. The normalized spacial score (nSPS) is 15.3. The van der Waals surface area contributed by atoms with E-state index in [2.05, 4.69) is 35.8 Å². The molecule has 1 fully saturated rings. The van der Waals surface area contributed by atoms with Crippen LogP contribution in [0, 0.1) is 5.92 Å². The van der Waals surface area contributed by atoms with Crippen molar-refractivity contribution in [1.29, 1.82) is 0 Å². The Morgan fingerprint density at radius 3 is 2.55 bits per heavy atom. The van der Waals surface area contributed by atoms with E-state index in [1.807, 2.05) is 35.3 Å². The van der Waals surface area contributed by atoms with E-state index in [-0.39, 0.29) is 11.5 Å². The monoisotopic (exact) mass is 520 g/mol. The zero-order valence-electron chi connectivity index (χ0n) is 22.7. The van der Waals surface area contributed by atoms with Gasteiger partial charge in [-0.15, -0.1) is 0 Å². The number of ether oxygens (including phenoxy) is 3. The Bertz CT molecular complexity index is 1400. The number of aromatic nitrogens is 5. The average molecular weight is 521 g/mol. The molecule has 0 atom stereocenters. The minimum Gasteiger partial charge on any atom is -0.494 e. The van der Waals surface area contributed by atoms with Crippen LogP contribution in [0.25, 0.3) is 27.8 Å². The van der Waals surface area contributed by atoms with Crippen molar-refractivity contribution >= 4 is 10.9 Å². The zero-order valence-corrected chi connectivity index (χ0v) is 22.7. The van der Waals surface area contributed by atoms with E-state index in [1.165, 1.54) is 0 Å². The molecule has 0 spiro atoms. The molecule has 38 heavy (non-hydrogen) atoms. The molecule has 1 saturated heterocycles.